The first-order valence-corrected chi connectivity index (χ1v) is 6.71. The van der Waals surface area contributed by atoms with Crippen LogP contribution in [0.3, 0.4) is 0 Å². The van der Waals surface area contributed by atoms with Crippen molar-refractivity contribution >= 4 is 0 Å². The molecule has 0 aromatic heterocycles. The number of phenols is 1. The smallest absolute Gasteiger partial charge is 0.203 e. The predicted octanol–water partition coefficient (Wildman–Crippen LogP) is 2.37. The highest BCUT2D eigenvalue weighted by molar-refractivity contribution is 5.56. The number of hydrogen-bond acceptors (Lipinski definition) is 4. The molecule has 2 aliphatic rings. The summed E-state index contributed by atoms with van der Waals surface area (Å²) in [6.07, 6.45) is 4.33. The number of fused-ring (bicyclic) bond motifs is 1. The number of rotatable bonds is 1. The summed E-state index contributed by atoms with van der Waals surface area (Å²) in [5.41, 5.74) is 0.930. The Morgan fingerprint density at radius 2 is 2.00 bits per heavy atom. The number of aromatic hydroxyl groups is 1. The molecule has 2 heterocycles. The maximum absolute atomic E-state index is 10.4. The molecule has 0 spiro atoms. The highest BCUT2D eigenvalue weighted by Crippen LogP contribution is 2.43. The van der Waals surface area contributed by atoms with Crippen LogP contribution in [0.1, 0.15) is 37.3 Å². The van der Waals surface area contributed by atoms with E-state index in [2.05, 4.69) is 5.32 Å². The minimum absolute atomic E-state index is 0.232. The molecule has 1 unspecified atom stereocenters. The van der Waals surface area contributed by atoms with Gasteiger partial charge in [-0.3, -0.25) is 0 Å². The summed E-state index contributed by atoms with van der Waals surface area (Å²) in [4.78, 5) is 0. The van der Waals surface area contributed by atoms with Crippen molar-refractivity contribution in [1.29, 1.82) is 0 Å². The average Bonchev–Trinajstić information content (AvgIpc) is 2.66. The van der Waals surface area contributed by atoms with E-state index in [0.717, 1.165) is 24.9 Å². The van der Waals surface area contributed by atoms with Crippen molar-refractivity contribution in [2.75, 3.05) is 19.8 Å². The van der Waals surface area contributed by atoms with E-state index in [1.807, 2.05) is 12.1 Å². The highest BCUT2D eigenvalue weighted by atomic mass is 16.5. The molecule has 0 aliphatic carbocycles. The van der Waals surface area contributed by atoms with Gasteiger partial charge in [0.25, 0.3) is 0 Å². The Hall–Kier alpha value is -1.42. The fourth-order valence-electron chi connectivity index (χ4n) is 2.63. The number of hydrogen-bond donors (Lipinski definition) is 2. The van der Waals surface area contributed by atoms with Crippen LogP contribution in [-0.4, -0.2) is 24.9 Å². The van der Waals surface area contributed by atoms with Gasteiger partial charge in [0.1, 0.15) is 0 Å². The molecule has 0 bridgehead atoms. The second kappa shape index (κ2) is 5.06. The van der Waals surface area contributed by atoms with Gasteiger partial charge in [-0.2, -0.15) is 0 Å². The SMILES string of the molecule is Oc1c(C2CCCCN2)ccc2c1OCCCO2. The van der Waals surface area contributed by atoms with Crippen molar-refractivity contribution < 1.29 is 14.6 Å². The van der Waals surface area contributed by atoms with Gasteiger partial charge in [-0.1, -0.05) is 6.42 Å². The van der Waals surface area contributed by atoms with Gasteiger partial charge < -0.3 is 19.9 Å². The standard InChI is InChI=1S/C14H19NO3/c16-13-10(11-4-1-2-7-15-11)5-6-12-14(13)18-9-3-8-17-12/h5-6,11,15-16H,1-4,7-9H2. The summed E-state index contributed by atoms with van der Waals surface area (Å²) >= 11 is 0. The predicted molar refractivity (Wildman–Crippen MR) is 68.3 cm³/mol. The fraction of sp³-hybridized carbons (Fsp3) is 0.571. The van der Waals surface area contributed by atoms with Crippen LogP contribution in [0.25, 0.3) is 0 Å². The van der Waals surface area contributed by atoms with Gasteiger partial charge in [0.15, 0.2) is 11.5 Å². The minimum Gasteiger partial charge on any atom is -0.504 e. The lowest BCUT2D eigenvalue weighted by molar-refractivity contribution is 0.290. The lowest BCUT2D eigenvalue weighted by Crippen LogP contribution is -2.26. The monoisotopic (exact) mass is 249 g/mol. The van der Waals surface area contributed by atoms with Crippen molar-refractivity contribution in [1.82, 2.24) is 5.32 Å². The topological polar surface area (TPSA) is 50.7 Å². The molecule has 98 valence electrons. The third kappa shape index (κ3) is 2.12. The Morgan fingerprint density at radius 1 is 1.11 bits per heavy atom. The molecule has 18 heavy (non-hydrogen) atoms. The third-order valence-corrected chi connectivity index (χ3v) is 3.60. The zero-order chi connectivity index (χ0) is 12.4. The molecular formula is C14H19NO3. The second-order valence-corrected chi connectivity index (χ2v) is 4.88. The first kappa shape index (κ1) is 11.7. The van der Waals surface area contributed by atoms with Crippen LogP contribution in [0.4, 0.5) is 0 Å². The summed E-state index contributed by atoms with van der Waals surface area (Å²) in [6.45, 7) is 2.26. The Kier molecular flexibility index (Phi) is 3.28. The van der Waals surface area contributed by atoms with E-state index in [1.165, 1.54) is 12.8 Å². The Balaban J connectivity index is 1.93. The van der Waals surface area contributed by atoms with E-state index >= 15 is 0 Å². The van der Waals surface area contributed by atoms with Gasteiger partial charge in [0.2, 0.25) is 5.75 Å². The summed E-state index contributed by atoms with van der Waals surface area (Å²) < 4.78 is 11.2. The fourth-order valence-corrected chi connectivity index (χ4v) is 2.63. The highest BCUT2D eigenvalue weighted by Gasteiger charge is 2.23. The average molecular weight is 249 g/mol. The summed E-state index contributed by atoms with van der Waals surface area (Å²) in [6, 6.07) is 4.09. The van der Waals surface area contributed by atoms with Crippen LogP contribution < -0.4 is 14.8 Å². The summed E-state index contributed by atoms with van der Waals surface area (Å²) in [5.74, 6) is 1.41. The van der Waals surface area contributed by atoms with Crippen molar-refractivity contribution in [2.24, 2.45) is 0 Å². The van der Waals surface area contributed by atoms with Crippen LogP contribution >= 0.6 is 0 Å². The normalized spacial score (nSPS) is 23.4. The van der Waals surface area contributed by atoms with Crippen molar-refractivity contribution in [2.45, 2.75) is 31.7 Å². The third-order valence-electron chi connectivity index (χ3n) is 3.60. The zero-order valence-electron chi connectivity index (χ0n) is 10.4. The molecule has 1 aromatic carbocycles. The van der Waals surface area contributed by atoms with Gasteiger partial charge in [-0.25, -0.2) is 0 Å². The van der Waals surface area contributed by atoms with Gasteiger partial charge in [0, 0.05) is 18.0 Å². The quantitative estimate of drug-likeness (QED) is 0.802. The molecule has 1 saturated heterocycles. The molecule has 1 fully saturated rings. The maximum atomic E-state index is 10.4. The molecular weight excluding hydrogens is 230 g/mol. The minimum atomic E-state index is 0.232. The molecule has 2 aliphatic heterocycles. The Bertz CT molecular complexity index is 427. The maximum Gasteiger partial charge on any atom is 0.203 e. The van der Waals surface area contributed by atoms with Crippen molar-refractivity contribution in [3.05, 3.63) is 17.7 Å². The van der Waals surface area contributed by atoms with Crippen molar-refractivity contribution in [3.8, 4) is 17.2 Å². The van der Waals surface area contributed by atoms with E-state index in [1.54, 1.807) is 0 Å². The Labute approximate surface area is 107 Å². The molecule has 1 atom stereocenters. The van der Waals surface area contributed by atoms with E-state index in [-0.39, 0.29) is 11.8 Å². The molecule has 0 amide bonds. The summed E-state index contributed by atoms with van der Waals surface area (Å²) in [5, 5.41) is 13.8. The van der Waals surface area contributed by atoms with Crippen LogP contribution in [0, 0.1) is 0 Å². The molecule has 0 saturated carbocycles. The number of nitrogens with one attached hydrogen (secondary N) is 1. The second-order valence-electron chi connectivity index (χ2n) is 4.88. The van der Waals surface area contributed by atoms with Gasteiger partial charge in [0.05, 0.1) is 13.2 Å². The molecule has 2 N–H and O–H groups in total. The number of ether oxygens (including phenoxy) is 2. The molecule has 0 radical (unpaired) electrons. The van der Waals surface area contributed by atoms with Gasteiger partial charge in [-0.05, 0) is 31.5 Å². The molecule has 4 heteroatoms. The first-order chi connectivity index (χ1) is 8.86. The Morgan fingerprint density at radius 3 is 2.83 bits per heavy atom. The van der Waals surface area contributed by atoms with Crippen LogP contribution in [0.2, 0.25) is 0 Å². The molecule has 1 aromatic rings. The number of benzene rings is 1. The summed E-state index contributed by atoms with van der Waals surface area (Å²) in [7, 11) is 0. The lowest BCUT2D eigenvalue weighted by atomic mass is 9.96. The number of phenolic OH excluding ortho intramolecular Hbond substituents is 1. The van der Waals surface area contributed by atoms with E-state index in [4.69, 9.17) is 9.47 Å². The molecule has 3 rings (SSSR count). The van der Waals surface area contributed by atoms with E-state index in [0.29, 0.717) is 24.7 Å². The van der Waals surface area contributed by atoms with Crippen LogP contribution in [-0.2, 0) is 0 Å². The van der Waals surface area contributed by atoms with E-state index in [9.17, 15) is 5.11 Å². The zero-order valence-corrected chi connectivity index (χ0v) is 10.4. The molecule has 4 nitrogen and oxygen atoms in total. The van der Waals surface area contributed by atoms with Crippen LogP contribution in [0.5, 0.6) is 17.2 Å². The van der Waals surface area contributed by atoms with E-state index < -0.39 is 0 Å². The van der Waals surface area contributed by atoms with Gasteiger partial charge in [-0.15, -0.1) is 0 Å². The van der Waals surface area contributed by atoms with Crippen LogP contribution in [0.15, 0.2) is 12.1 Å². The largest absolute Gasteiger partial charge is 0.504 e. The first-order valence-electron chi connectivity index (χ1n) is 6.71. The lowest BCUT2D eigenvalue weighted by Gasteiger charge is -2.25. The van der Waals surface area contributed by atoms with Crippen molar-refractivity contribution in [3.63, 3.8) is 0 Å². The number of piperidine rings is 1. The van der Waals surface area contributed by atoms with Gasteiger partial charge >= 0.3 is 0 Å².